The summed E-state index contributed by atoms with van der Waals surface area (Å²) in [7, 11) is 0. The van der Waals surface area contributed by atoms with Crippen LogP contribution in [0.25, 0.3) is 6.08 Å². The lowest BCUT2D eigenvalue weighted by molar-refractivity contribution is -0.115. The minimum absolute atomic E-state index is 0.0273. The summed E-state index contributed by atoms with van der Waals surface area (Å²) in [4.78, 5) is 39.8. The van der Waals surface area contributed by atoms with Crippen molar-refractivity contribution in [1.82, 2.24) is 5.32 Å². The highest BCUT2D eigenvalue weighted by Crippen LogP contribution is 2.29. The van der Waals surface area contributed by atoms with E-state index >= 15 is 0 Å². The third-order valence-corrected chi connectivity index (χ3v) is 8.15. The molecule has 0 aliphatic heterocycles. The number of nitrogens with one attached hydrogen (secondary N) is 3. The molecular weight excluding hydrogens is 636 g/mol. The predicted molar refractivity (Wildman–Crippen MR) is 174 cm³/mol. The van der Waals surface area contributed by atoms with Crippen molar-refractivity contribution in [2.45, 2.75) is 17.1 Å². The van der Waals surface area contributed by atoms with Crippen molar-refractivity contribution < 1.29 is 14.4 Å². The van der Waals surface area contributed by atoms with E-state index in [4.69, 9.17) is 46.4 Å². The maximum Gasteiger partial charge on any atom is 0.272 e. The molecule has 0 aromatic heterocycles. The highest BCUT2D eigenvalue weighted by atomic mass is 35.5. The van der Waals surface area contributed by atoms with Crippen LogP contribution in [-0.2, 0) is 9.59 Å². The molecule has 0 heterocycles. The topological polar surface area (TPSA) is 87.3 Å². The summed E-state index contributed by atoms with van der Waals surface area (Å²) in [6.07, 6.45) is 1.48. The van der Waals surface area contributed by atoms with Gasteiger partial charge in [-0.3, -0.25) is 14.4 Å². The average Bonchev–Trinajstić information content (AvgIpc) is 2.96. The smallest absolute Gasteiger partial charge is 0.272 e. The zero-order valence-corrected chi connectivity index (χ0v) is 25.8. The molecule has 0 saturated carbocycles. The van der Waals surface area contributed by atoms with Crippen LogP contribution in [0.2, 0.25) is 20.1 Å². The molecule has 0 aliphatic carbocycles. The molecule has 1 unspecified atom stereocenters. The van der Waals surface area contributed by atoms with Crippen LogP contribution in [-0.4, -0.2) is 23.0 Å². The van der Waals surface area contributed by atoms with Crippen molar-refractivity contribution in [3.8, 4) is 0 Å². The third kappa shape index (κ3) is 8.77. The molecule has 0 fully saturated rings. The number of benzene rings is 4. The summed E-state index contributed by atoms with van der Waals surface area (Å²) < 4.78 is 0. The molecule has 214 valence electrons. The van der Waals surface area contributed by atoms with Crippen molar-refractivity contribution in [3.05, 3.63) is 128 Å². The molecule has 0 bridgehead atoms. The zero-order valence-electron chi connectivity index (χ0n) is 22.0. The number of carbonyl (C=O) groups is 3. The molecule has 0 spiro atoms. The lowest BCUT2D eigenvalue weighted by Crippen LogP contribution is -2.30. The van der Waals surface area contributed by atoms with Gasteiger partial charge in [0.2, 0.25) is 5.91 Å². The number of thioether (sulfide) groups is 1. The maximum absolute atomic E-state index is 13.4. The van der Waals surface area contributed by atoms with Crippen molar-refractivity contribution in [2.24, 2.45) is 0 Å². The van der Waals surface area contributed by atoms with Crippen LogP contribution in [0.1, 0.15) is 22.8 Å². The van der Waals surface area contributed by atoms with Gasteiger partial charge >= 0.3 is 0 Å². The first-order valence-corrected chi connectivity index (χ1v) is 14.9. The zero-order chi connectivity index (χ0) is 30.2. The second kappa shape index (κ2) is 14.6. The molecule has 0 aliphatic rings. The van der Waals surface area contributed by atoms with Gasteiger partial charge in [0, 0.05) is 31.9 Å². The van der Waals surface area contributed by atoms with Gasteiger partial charge in [0.25, 0.3) is 11.8 Å². The fraction of sp³-hybridized carbons (Fsp3) is 0.0645. The predicted octanol–water partition coefficient (Wildman–Crippen LogP) is 8.83. The molecule has 1 atom stereocenters. The van der Waals surface area contributed by atoms with E-state index in [1.54, 1.807) is 91.9 Å². The molecule has 4 rings (SSSR count). The number of rotatable bonds is 9. The van der Waals surface area contributed by atoms with Gasteiger partial charge in [0.15, 0.2) is 0 Å². The van der Waals surface area contributed by atoms with Gasteiger partial charge < -0.3 is 16.0 Å². The van der Waals surface area contributed by atoms with Crippen molar-refractivity contribution >= 4 is 93.3 Å². The lowest BCUT2D eigenvalue weighted by Gasteiger charge is -2.14. The molecule has 6 nitrogen and oxygen atoms in total. The first-order chi connectivity index (χ1) is 20.1. The highest BCUT2D eigenvalue weighted by Gasteiger charge is 2.18. The van der Waals surface area contributed by atoms with E-state index in [0.717, 1.165) is 4.90 Å². The number of halogens is 4. The number of hydrogen-bond donors (Lipinski definition) is 3. The standard InChI is InChI=1S/C31H23Cl4N3O3S/c1-18(29(39)36-23-12-13-25(33)27(35)17-23)42-24-9-5-8-22(16-24)37-31(41)28(14-20-10-11-21(32)15-26(20)34)38-30(40)19-6-3-2-4-7-19/h2-18H,1H3,(H,36,39)(H,37,41)(H,38,40)/b28-14+. The summed E-state index contributed by atoms with van der Waals surface area (Å²) in [6, 6.07) is 25.2. The number of amides is 3. The van der Waals surface area contributed by atoms with E-state index in [1.165, 1.54) is 17.8 Å². The number of anilines is 2. The summed E-state index contributed by atoms with van der Waals surface area (Å²) >= 11 is 25.6. The Morgan fingerprint density at radius 1 is 0.738 bits per heavy atom. The van der Waals surface area contributed by atoms with Crippen molar-refractivity contribution in [3.63, 3.8) is 0 Å². The normalized spacial score (nSPS) is 11.9. The largest absolute Gasteiger partial charge is 0.325 e. The number of carbonyl (C=O) groups excluding carboxylic acids is 3. The van der Waals surface area contributed by atoms with Crippen LogP contribution in [0, 0.1) is 0 Å². The molecule has 3 amide bonds. The Morgan fingerprint density at radius 2 is 1.48 bits per heavy atom. The van der Waals surface area contributed by atoms with Gasteiger partial charge in [0.1, 0.15) is 5.70 Å². The molecule has 11 heteroatoms. The summed E-state index contributed by atoms with van der Waals surface area (Å²) in [5.41, 5.74) is 1.83. The second-order valence-corrected chi connectivity index (χ2v) is 12.0. The van der Waals surface area contributed by atoms with E-state index in [1.807, 2.05) is 6.07 Å². The summed E-state index contributed by atoms with van der Waals surface area (Å²) in [5, 5.41) is 9.31. The van der Waals surface area contributed by atoms with E-state index in [9.17, 15) is 14.4 Å². The van der Waals surface area contributed by atoms with Crippen LogP contribution >= 0.6 is 58.2 Å². The van der Waals surface area contributed by atoms with Crippen molar-refractivity contribution in [2.75, 3.05) is 10.6 Å². The molecule has 4 aromatic carbocycles. The second-order valence-electron chi connectivity index (χ2n) is 8.90. The third-order valence-electron chi connectivity index (χ3n) is 5.75. The Labute approximate surface area is 267 Å². The molecule has 0 saturated heterocycles. The molecular formula is C31H23Cl4N3O3S. The lowest BCUT2D eigenvalue weighted by atomic mass is 10.1. The van der Waals surface area contributed by atoms with E-state index < -0.39 is 17.1 Å². The first-order valence-electron chi connectivity index (χ1n) is 12.5. The minimum atomic E-state index is -0.571. The Balaban J connectivity index is 1.49. The van der Waals surface area contributed by atoms with Gasteiger partial charge in [0.05, 0.1) is 15.3 Å². The Bertz CT molecular complexity index is 1660. The summed E-state index contributed by atoms with van der Waals surface area (Å²) in [6.45, 7) is 1.76. The SMILES string of the molecule is CC(Sc1cccc(NC(=O)/C(=C\c2ccc(Cl)cc2Cl)NC(=O)c2ccccc2)c1)C(=O)Nc1ccc(Cl)c(Cl)c1. The first kappa shape index (κ1) is 31.5. The van der Waals surface area contributed by atoms with Gasteiger partial charge in [-0.25, -0.2) is 0 Å². The van der Waals surface area contributed by atoms with Gasteiger partial charge in [-0.1, -0.05) is 76.7 Å². The average molecular weight is 659 g/mol. The Hall–Kier alpha value is -3.46. The quantitative estimate of drug-likeness (QED) is 0.124. The van der Waals surface area contributed by atoms with E-state index in [2.05, 4.69) is 16.0 Å². The Kier molecular flexibility index (Phi) is 11.0. The van der Waals surface area contributed by atoms with E-state index in [0.29, 0.717) is 42.6 Å². The van der Waals surface area contributed by atoms with Crippen LogP contribution in [0.5, 0.6) is 0 Å². The van der Waals surface area contributed by atoms with Crippen LogP contribution in [0.4, 0.5) is 11.4 Å². The van der Waals surface area contributed by atoms with Crippen LogP contribution < -0.4 is 16.0 Å². The fourth-order valence-corrected chi connectivity index (χ4v) is 5.32. The Morgan fingerprint density at radius 3 is 2.19 bits per heavy atom. The van der Waals surface area contributed by atoms with E-state index in [-0.39, 0.29) is 11.6 Å². The van der Waals surface area contributed by atoms with Gasteiger partial charge in [-0.15, -0.1) is 11.8 Å². The van der Waals surface area contributed by atoms with Crippen LogP contribution in [0.15, 0.2) is 102 Å². The van der Waals surface area contributed by atoms with Gasteiger partial charge in [-0.2, -0.15) is 0 Å². The minimum Gasteiger partial charge on any atom is -0.325 e. The molecule has 42 heavy (non-hydrogen) atoms. The van der Waals surface area contributed by atoms with Crippen molar-refractivity contribution in [1.29, 1.82) is 0 Å². The fourth-order valence-electron chi connectivity index (χ4n) is 3.64. The molecule has 4 aromatic rings. The van der Waals surface area contributed by atoms with Gasteiger partial charge in [-0.05, 0) is 79.2 Å². The summed E-state index contributed by atoms with van der Waals surface area (Å²) in [5.74, 6) is -1.27. The highest BCUT2D eigenvalue weighted by molar-refractivity contribution is 8.00. The molecule has 0 radical (unpaired) electrons. The molecule has 3 N–H and O–H groups in total. The van der Waals surface area contributed by atoms with Crippen LogP contribution in [0.3, 0.4) is 0 Å². The number of hydrogen-bond acceptors (Lipinski definition) is 4. The maximum atomic E-state index is 13.4. The monoisotopic (exact) mass is 657 g/mol.